The van der Waals surface area contributed by atoms with Gasteiger partial charge in [0.1, 0.15) is 17.3 Å². The standard InChI is InChI=1S/C22H19F2N5O4S/c23-17-4-2-1-3-14(17)12-34(32,33)28-19-6-5-13(10-18(19)24)16-9-15-11-26-22(25)27-20(15)29(7-8-30)21(16)31/h1-6,9-11,28,30H,7-8,12H2,(H2,25,26,27). The number of anilines is 2. The van der Waals surface area contributed by atoms with Gasteiger partial charge in [-0.05, 0) is 29.8 Å². The summed E-state index contributed by atoms with van der Waals surface area (Å²) in [5.41, 5.74) is 5.12. The van der Waals surface area contributed by atoms with Crippen molar-refractivity contribution >= 4 is 32.7 Å². The average Bonchev–Trinajstić information content (AvgIpc) is 2.78. The number of sulfonamides is 1. The number of rotatable bonds is 7. The lowest BCUT2D eigenvalue weighted by Crippen LogP contribution is -2.24. The van der Waals surface area contributed by atoms with Gasteiger partial charge in [-0.2, -0.15) is 4.98 Å². The molecule has 0 aliphatic rings. The molecule has 0 bridgehead atoms. The van der Waals surface area contributed by atoms with E-state index in [1.54, 1.807) is 0 Å². The van der Waals surface area contributed by atoms with E-state index in [0.29, 0.717) is 5.39 Å². The monoisotopic (exact) mass is 487 g/mol. The molecule has 9 nitrogen and oxygen atoms in total. The molecular formula is C22H19F2N5O4S. The number of pyridine rings is 1. The molecule has 0 fully saturated rings. The van der Waals surface area contributed by atoms with E-state index in [-0.39, 0.29) is 47.1 Å². The fourth-order valence-electron chi connectivity index (χ4n) is 3.48. The molecule has 0 unspecified atom stereocenters. The summed E-state index contributed by atoms with van der Waals surface area (Å²) in [4.78, 5) is 21.0. The molecule has 2 aromatic heterocycles. The number of hydrogen-bond acceptors (Lipinski definition) is 7. The second-order valence-corrected chi connectivity index (χ2v) is 9.12. The van der Waals surface area contributed by atoms with Crippen LogP contribution in [0.25, 0.3) is 22.2 Å². The Balaban J connectivity index is 1.70. The molecular weight excluding hydrogens is 468 g/mol. The summed E-state index contributed by atoms with van der Waals surface area (Å²) in [6.45, 7) is -0.421. The number of nitrogens with zero attached hydrogens (tertiary/aromatic N) is 3. The molecule has 0 atom stereocenters. The fourth-order valence-corrected chi connectivity index (χ4v) is 4.69. The summed E-state index contributed by atoms with van der Waals surface area (Å²) in [6.07, 6.45) is 1.40. The van der Waals surface area contributed by atoms with Crippen molar-refractivity contribution in [3.8, 4) is 11.1 Å². The Morgan fingerprint density at radius 1 is 1.09 bits per heavy atom. The lowest BCUT2D eigenvalue weighted by molar-refractivity contribution is 0.276. The molecule has 0 radical (unpaired) electrons. The smallest absolute Gasteiger partial charge is 0.260 e. The summed E-state index contributed by atoms with van der Waals surface area (Å²) in [5.74, 6) is -2.36. The van der Waals surface area contributed by atoms with E-state index < -0.39 is 33.0 Å². The number of nitrogens with two attached hydrogens (primary N) is 1. The van der Waals surface area contributed by atoms with Gasteiger partial charge in [-0.25, -0.2) is 22.2 Å². The van der Waals surface area contributed by atoms with Crippen LogP contribution in [0.15, 0.2) is 59.5 Å². The van der Waals surface area contributed by atoms with E-state index >= 15 is 0 Å². The van der Waals surface area contributed by atoms with Gasteiger partial charge in [0.15, 0.2) is 0 Å². The number of hydrogen-bond donors (Lipinski definition) is 3. The van der Waals surface area contributed by atoms with Crippen molar-refractivity contribution in [3.05, 3.63) is 82.3 Å². The van der Waals surface area contributed by atoms with Crippen molar-refractivity contribution in [2.75, 3.05) is 17.1 Å². The third kappa shape index (κ3) is 4.72. The number of aliphatic hydroxyl groups excluding tert-OH is 1. The van der Waals surface area contributed by atoms with Gasteiger partial charge >= 0.3 is 0 Å². The zero-order chi connectivity index (χ0) is 24.5. The summed E-state index contributed by atoms with van der Waals surface area (Å²) in [7, 11) is -4.12. The van der Waals surface area contributed by atoms with Gasteiger partial charge < -0.3 is 10.8 Å². The molecule has 0 amide bonds. The van der Waals surface area contributed by atoms with Crippen molar-refractivity contribution in [1.82, 2.24) is 14.5 Å². The van der Waals surface area contributed by atoms with Gasteiger partial charge in [0, 0.05) is 22.7 Å². The van der Waals surface area contributed by atoms with Crippen LogP contribution in [-0.2, 0) is 22.3 Å². The number of halogens is 2. The normalized spacial score (nSPS) is 11.6. The molecule has 0 aliphatic heterocycles. The van der Waals surface area contributed by atoms with Crippen LogP contribution < -0.4 is 16.0 Å². The zero-order valence-electron chi connectivity index (χ0n) is 17.6. The first kappa shape index (κ1) is 23.3. The Labute approximate surface area is 192 Å². The number of aromatic nitrogens is 3. The molecule has 4 N–H and O–H groups in total. The highest BCUT2D eigenvalue weighted by Gasteiger charge is 2.18. The Morgan fingerprint density at radius 3 is 2.56 bits per heavy atom. The molecule has 2 heterocycles. The minimum Gasteiger partial charge on any atom is -0.395 e. The van der Waals surface area contributed by atoms with Crippen LogP contribution in [0.1, 0.15) is 5.56 Å². The maximum Gasteiger partial charge on any atom is 0.260 e. The molecule has 176 valence electrons. The Kier molecular flexibility index (Phi) is 6.26. The lowest BCUT2D eigenvalue weighted by atomic mass is 10.1. The Morgan fingerprint density at radius 2 is 1.85 bits per heavy atom. The molecule has 12 heteroatoms. The van der Waals surface area contributed by atoms with Crippen LogP contribution in [0, 0.1) is 11.6 Å². The molecule has 0 spiro atoms. The molecule has 4 aromatic rings. The van der Waals surface area contributed by atoms with Crippen LogP contribution in [0.5, 0.6) is 0 Å². The maximum absolute atomic E-state index is 14.8. The Bertz CT molecular complexity index is 1560. The van der Waals surface area contributed by atoms with E-state index in [2.05, 4.69) is 14.7 Å². The van der Waals surface area contributed by atoms with E-state index in [0.717, 1.165) is 12.1 Å². The van der Waals surface area contributed by atoms with Gasteiger partial charge in [-0.1, -0.05) is 24.3 Å². The van der Waals surface area contributed by atoms with E-state index in [9.17, 15) is 27.1 Å². The summed E-state index contributed by atoms with van der Waals surface area (Å²) >= 11 is 0. The SMILES string of the molecule is Nc1ncc2cc(-c3ccc(NS(=O)(=O)Cc4ccccc4F)c(F)c3)c(=O)n(CCO)c2n1. The highest BCUT2D eigenvalue weighted by atomic mass is 32.2. The third-order valence-corrected chi connectivity index (χ3v) is 6.24. The van der Waals surface area contributed by atoms with Crippen LogP contribution in [-0.4, -0.2) is 34.7 Å². The highest BCUT2D eigenvalue weighted by molar-refractivity contribution is 7.91. The van der Waals surface area contributed by atoms with Gasteiger partial charge in [-0.3, -0.25) is 14.1 Å². The second kappa shape index (κ2) is 9.15. The molecule has 0 aliphatic carbocycles. The number of nitrogen functional groups attached to an aromatic ring is 1. The first-order valence-corrected chi connectivity index (χ1v) is 11.6. The van der Waals surface area contributed by atoms with Crippen LogP contribution in [0.3, 0.4) is 0 Å². The lowest BCUT2D eigenvalue weighted by Gasteiger charge is -2.13. The number of nitrogens with one attached hydrogen (secondary N) is 1. The van der Waals surface area contributed by atoms with Crippen LogP contribution >= 0.6 is 0 Å². The van der Waals surface area contributed by atoms with E-state index in [4.69, 9.17) is 5.73 Å². The second-order valence-electron chi connectivity index (χ2n) is 7.39. The number of aliphatic hydroxyl groups is 1. The average molecular weight is 487 g/mol. The molecule has 0 saturated heterocycles. The maximum atomic E-state index is 14.8. The zero-order valence-corrected chi connectivity index (χ0v) is 18.4. The minimum atomic E-state index is -4.12. The molecule has 4 rings (SSSR count). The van der Waals surface area contributed by atoms with Gasteiger partial charge in [-0.15, -0.1) is 0 Å². The third-order valence-electron chi connectivity index (χ3n) is 5.02. The van der Waals surface area contributed by atoms with Crippen molar-refractivity contribution in [2.24, 2.45) is 0 Å². The predicted octanol–water partition coefficient (Wildman–Crippen LogP) is 2.25. The molecule has 34 heavy (non-hydrogen) atoms. The van der Waals surface area contributed by atoms with Crippen molar-refractivity contribution < 1.29 is 22.3 Å². The van der Waals surface area contributed by atoms with Crippen LogP contribution in [0.4, 0.5) is 20.4 Å². The van der Waals surface area contributed by atoms with Gasteiger partial charge in [0.05, 0.1) is 24.6 Å². The highest BCUT2D eigenvalue weighted by Crippen LogP contribution is 2.26. The first-order chi connectivity index (χ1) is 16.2. The first-order valence-electron chi connectivity index (χ1n) is 9.99. The van der Waals surface area contributed by atoms with E-state index in [1.165, 1.54) is 47.2 Å². The molecule has 2 aromatic carbocycles. The summed E-state index contributed by atoms with van der Waals surface area (Å²) in [5, 5.41) is 9.80. The van der Waals surface area contributed by atoms with Crippen molar-refractivity contribution in [2.45, 2.75) is 12.3 Å². The molecule has 0 saturated carbocycles. The quantitative estimate of drug-likeness (QED) is 0.363. The summed E-state index contributed by atoms with van der Waals surface area (Å²) in [6, 6.07) is 10.4. The largest absolute Gasteiger partial charge is 0.395 e. The minimum absolute atomic E-state index is 0.0515. The van der Waals surface area contributed by atoms with Crippen molar-refractivity contribution in [1.29, 1.82) is 0 Å². The number of benzene rings is 2. The number of fused-ring (bicyclic) bond motifs is 1. The summed E-state index contributed by atoms with van der Waals surface area (Å²) < 4.78 is 56.8. The Hall–Kier alpha value is -3.90. The van der Waals surface area contributed by atoms with E-state index in [1.807, 2.05) is 0 Å². The fraction of sp³-hybridized carbons (Fsp3) is 0.136. The predicted molar refractivity (Wildman–Crippen MR) is 123 cm³/mol. The topological polar surface area (TPSA) is 140 Å². The van der Waals surface area contributed by atoms with Gasteiger partial charge in [0.25, 0.3) is 5.56 Å². The van der Waals surface area contributed by atoms with Crippen LogP contribution in [0.2, 0.25) is 0 Å². The van der Waals surface area contributed by atoms with Crippen molar-refractivity contribution in [3.63, 3.8) is 0 Å². The van der Waals surface area contributed by atoms with Gasteiger partial charge in [0.2, 0.25) is 16.0 Å².